The first-order valence-corrected chi connectivity index (χ1v) is 3.98. The lowest BCUT2D eigenvalue weighted by Crippen LogP contribution is -2.23. The van der Waals surface area contributed by atoms with E-state index in [1.165, 1.54) is 0 Å². The number of rotatable bonds is 2. The van der Waals surface area contributed by atoms with Crippen LogP contribution in [0.2, 0.25) is 0 Å². The van der Waals surface area contributed by atoms with Crippen LogP contribution in [0.3, 0.4) is 0 Å². The van der Waals surface area contributed by atoms with E-state index in [-0.39, 0.29) is 0 Å². The Bertz CT molecular complexity index is 386. The average Bonchev–Trinajstić information content (AvgIpc) is 2.67. The maximum absolute atomic E-state index is 8.88. The molecule has 1 heterocycles. The van der Waals surface area contributed by atoms with Crippen LogP contribution in [-0.2, 0) is 0 Å². The molecule has 1 radical (unpaired) electrons. The molecule has 0 aliphatic carbocycles. The largest absolute Gasteiger partial charge is 0.449 e. The van der Waals surface area contributed by atoms with E-state index in [4.69, 9.17) is 5.02 Å². The fourth-order valence-electron chi connectivity index (χ4n) is 1.20. The second-order valence-electron chi connectivity index (χ2n) is 2.63. The first-order chi connectivity index (χ1) is 6.42. The molecule has 3 nitrogen and oxygen atoms in total. The SMILES string of the molecule is O[B]c1ccnn1-c1ccccc1. The highest BCUT2D eigenvalue weighted by Crippen LogP contribution is 2.02. The van der Waals surface area contributed by atoms with Crippen LogP contribution in [-0.4, -0.2) is 22.3 Å². The van der Waals surface area contributed by atoms with Crippen LogP contribution in [0, 0.1) is 0 Å². The summed E-state index contributed by atoms with van der Waals surface area (Å²) in [6.07, 6.45) is 1.65. The number of nitrogens with zero attached hydrogens (tertiary/aromatic N) is 2. The van der Waals surface area contributed by atoms with Gasteiger partial charge in [-0.15, -0.1) is 0 Å². The van der Waals surface area contributed by atoms with Gasteiger partial charge in [-0.05, 0) is 18.2 Å². The van der Waals surface area contributed by atoms with Crippen LogP contribution in [0.1, 0.15) is 0 Å². The van der Waals surface area contributed by atoms with Gasteiger partial charge in [-0.1, -0.05) is 18.2 Å². The Morgan fingerprint density at radius 2 is 1.92 bits per heavy atom. The molecule has 2 rings (SSSR count). The van der Waals surface area contributed by atoms with Crippen LogP contribution < -0.4 is 5.59 Å². The molecule has 0 atom stereocenters. The van der Waals surface area contributed by atoms with Crippen molar-refractivity contribution in [3.63, 3.8) is 0 Å². The van der Waals surface area contributed by atoms with Gasteiger partial charge >= 0.3 is 7.48 Å². The molecule has 4 heteroatoms. The van der Waals surface area contributed by atoms with E-state index in [0.29, 0.717) is 5.59 Å². The van der Waals surface area contributed by atoms with E-state index >= 15 is 0 Å². The highest BCUT2D eigenvalue weighted by molar-refractivity contribution is 6.44. The highest BCUT2D eigenvalue weighted by atomic mass is 16.2. The van der Waals surface area contributed by atoms with E-state index in [2.05, 4.69) is 5.10 Å². The van der Waals surface area contributed by atoms with Crippen molar-refractivity contribution in [2.24, 2.45) is 0 Å². The van der Waals surface area contributed by atoms with Gasteiger partial charge in [0.25, 0.3) is 0 Å². The molecule has 1 aromatic carbocycles. The molecule has 0 fully saturated rings. The van der Waals surface area contributed by atoms with Crippen molar-refractivity contribution in [2.75, 3.05) is 0 Å². The van der Waals surface area contributed by atoms with Crippen molar-refractivity contribution in [2.45, 2.75) is 0 Å². The standard InChI is InChI=1S/C9H8BN2O/c13-10-9-6-7-11-12(9)8-4-2-1-3-5-8/h1-7,13H. The van der Waals surface area contributed by atoms with Gasteiger partial charge in [0.1, 0.15) is 0 Å². The fourth-order valence-corrected chi connectivity index (χ4v) is 1.20. The maximum atomic E-state index is 8.88. The second-order valence-corrected chi connectivity index (χ2v) is 2.63. The summed E-state index contributed by atoms with van der Waals surface area (Å²) in [5.74, 6) is 0. The lowest BCUT2D eigenvalue weighted by Gasteiger charge is -2.03. The van der Waals surface area contributed by atoms with Gasteiger partial charge < -0.3 is 5.02 Å². The van der Waals surface area contributed by atoms with Gasteiger partial charge in [0.2, 0.25) is 0 Å². The monoisotopic (exact) mass is 171 g/mol. The van der Waals surface area contributed by atoms with Gasteiger partial charge in [0.15, 0.2) is 0 Å². The van der Waals surface area contributed by atoms with E-state index in [1.54, 1.807) is 16.9 Å². The van der Waals surface area contributed by atoms with Gasteiger partial charge in [-0.25, -0.2) is 4.68 Å². The van der Waals surface area contributed by atoms with E-state index < -0.39 is 0 Å². The third kappa shape index (κ3) is 1.48. The zero-order chi connectivity index (χ0) is 9.10. The van der Waals surface area contributed by atoms with Crippen LogP contribution >= 0.6 is 0 Å². The first kappa shape index (κ1) is 8.07. The van der Waals surface area contributed by atoms with Crippen molar-refractivity contribution in [1.82, 2.24) is 9.78 Å². The molecule has 1 N–H and O–H groups in total. The van der Waals surface area contributed by atoms with Crippen molar-refractivity contribution >= 4 is 13.1 Å². The molecular weight excluding hydrogens is 163 g/mol. The number of hydrogen-bond acceptors (Lipinski definition) is 2. The molecule has 0 aliphatic heterocycles. The number of para-hydroxylation sites is 1. The Hall–Kier alpha value is -1.55. The predicted octanol–water partition coefficient (Wildman–Crippen LogP) is 0.109. The smallest absolute Gasteiger partial charge is 0.348 e. The molecule has 0 spiro atoms. The Labute approximate surface area is 76.9 Å². The molecule has 0 unspecified atom stereocenters. The van der Waals surface area contributed by atoms with E-state index in [1.807, 2.05) is 30.3 Å². The Kier molecular flexibility index (Phi) is 2.14. The minimum absolute atomic E-state index is 0.672. The van der Waals surface area contributed by atoms with Crippen molar-refractivity contribution in [3.05, 3.63) is 42.6 Å². The van der Waals surface area contributed by atoms with Crippen molar-refractivity contribution in [3.8, 4) is 5.69 Å². The summed E-state index contributed by atoms with van der Waals surface area (Å²) in [5, 5.41) is 13.0. The Morgan fingerprint density at radius 3 is 2.62 bits per heavy atom. The summed E-state index contributed by atoms with van der Waals surface area (Å²) in [7, 11) is 1.04. The summed E-state index contributed by atoms with van der Waals surface area (Å²) in [6, 6.07) is 11.4. The summed E-state index contributed by atoms with van der Waals surface area (Å²) in [6.45, 7) is 0. The zero-order valence-corrected chi connectivity index (χ0v) is 6.96. The molecule has 0 amide bonds. The molecule has 0 saturated heterocycles. The third-order valence-corrected chi connectivity index (χ3v) is 1.81. The minimum Gasteiger partial charge on any atom is -0.449 e. The van der Waals surface area contributed by atoms with E-state index in [9.17, 15) is 0 Å². The molecule has 63 valence electrons. The second kappa shape index (κ2) is 3.45. The summed E-state index contributed by atoms with van der Waals surface area (Å²) in [5.41, 5.74) is 1.61. The quantitative estimate of drug-likeness (QED) is 0.651. The minimum atomic E-state index is 0.672. The first-order valence-electron chi connectivity index (χ1n) is 3.98. The highest BCUT2D eigenvalue weighted by Gasteiger charge is 2.03. The van der Waals surface area contributed by atoms with Gasteiger partial charge in [0, 0.05) is 11.8 Å². The molecule has 13 heavy (non-hydrogen) atoms. The van der Waals surface area contributed by atoms with Gasteiger partial charge in [-0.3, -0.25) is 0 Å². The van der Waals surface area contributed by atoms with Gasteiger partial charge in [0.05, 0.1) is 5.69 Å². The van der Waals surface area contributed by atoms with Crippen molar-refractivity contribution in [1.29, 1.82) is 0 Å². The normalized spacial score (nSPS) is 9.92. The predicted molar refractivity (Wildman–Crippen MR) is 51.2 cm³/mol. The lowest BCUT2D eigenvalue weighted by atomic mass is 9.96. The maximum Gasteiger partial charge on any atom is 0.348 e. The average molecular weight is 171 g/mol. The lowest BCUT2D eigenvalue weighted by molar-refractivity contribution is 0.612. The van der Waals surface area contributed by atoms with Crippen LogP contribution in [0.4, 0.5) is 0 Å². The number of hydrogen-bond donors (Lipinski definition) is 1. The molecular formula is C9H8BN2O. The Morgan fingerprint density at radius 1 is 1.15 bits per heavy atom. The molecule has 1 aromatic heterocycles. The summed E-state index contributed by atoms with van der Waals surface area (Å²) < 4.78 is 1.67. The molecule has 0 saturated carbocycles. The zero-order valence-electron chi connectivity index (χ0n) is 6.96. The van der Waals surface area contributed by atoms with Gasteiger partial charge in [-0.2, -0.15) is 5.10 Å². The Balaban J connectivity index is 2.47. The van der Waals surface area contributed by atoms with Crippen LogP contribution in [0.5, 0.6) is 0 Å². The third-order valence-electron chi connectivity index (χ3n) is 1.81. The molecule has 0 bridgehead atoms. The summed E-state index contributed by atoms with van der Waals surface area (Å²) in [4.78, 5) is 0. The summed E-state index contributed by atoms with van der Waals surface area (Å²) >= 11 is 0. The number of aromatic nitrogens is 2. The van der Waals surface area contributed by atoms with E-state index in [0.717, 1.165) is 13.2 Å². The molecule has 0 aliphatic rings. The van der Waals surface area contributed by atoms with Crippen molar-refractivity contribution < 1.29 is 5.02 Å². The number of benzene rings is 1. The van der Waals surface area contributed by atoms with Crippen LogP contribution in [0.25, 0.3) is 5.69 Å². The molecule has 2 aromatic rings. The topological polar surface area (TPSA) is 38.1 Å². The fraction of sp³-hybridized carbons (Fsp3) is 0. The van der Waals surface area contributed by atoms with Crippen LogP contribution in [0.15, 0.2) is 42.6 Å².